The van der Waals surface area contributed by atoms with Crippen molar-refractivity contribution in [2.75, 3.05) is 131 Å². The number of aliphatic hydroxyl groups is 23. The number of rotatable bonds is 58. The molecule has 56 heteroatoms. The molecular formula is C83H141N9O47. The standard InChI is InChI=1S/C83H141N9O47/c1-39-57(107)65(115)58(108)41(130-39)15-11-23-88-52(102)31-91(32-53(103)89-24-26-127-81-75(125)77(138-83-73(123)69(119)62(112)45(36-96)134-83)64(114)47(136-81)38-129-79-71(121)67(117)60(110)43(34-94)132-79)30-51(101)87-22-10-4-9-21-86-50(100)29-90(28-49(99)85-20-8-3-6-16-56(106)139-92-54(104)17-18-55(92)105)27-48(98)84-19-7-2-5-13-40(97)14-12-25-126-80-74(124)76(137-82-72(122)68(118)61(111)44(35-95)133-82)63(113)46(135-80)37-128-78-70(120)66(116)59(109)42(33-93)131-78/h39,41-47,57-83,93-96,107-125H,2-38H2,1H3,(H,84,98)(H,85,99)(H,86,100)(H,87,101)(H,88,102)(H,89,103)/t39-,41-,42+,43+,44+,45+,46+,47+,57+,58+,59+,60+,61+,62+,63+,64+,65+,66-,67-,68-,69-,70-,71-,72-,73-,74-,75-,76-,77-,78-,79-,80-,81-,82+,83+/m0/s1. The maximum absolute atomic E-state index is 13.7. The SMILES string of the molecule is C[C@@H]1O[C@@H](CCCNC(=O)CN(CC(=O)NCCCCCNC(=O)CN(CC(=O)NCCCCCC(=O)CCCO[C@H]2O[C@H](CO[C@H]3O[C@H](CO)[C@@H](O)[C@H](O)[C@@H]3O)[C@@H](O)[C@H](O[C@H]3O[C@H](CO)[C@@H](O)[C@H](O)[C@@H]3O)[C@@H]2O)CC(=O)NCCCCCC(=O)ON2C(=O)CCC2=O)CC(=O)NCCO[C@H]2O[C@H](CO[C@H]3O[C@H](CO)[C@@H](O)[C@H](O)[C@@H]3O)[C@@H](O)[C@H](O[C@H]3O[C@H](CO)[C@@H](O)[C@H](O)[C@@H]3O)[C@@H]2O)[C@@H](O)[C@H](O)[C@@H]1O. The molecule has 0 unspecified atom stereocenters. The molecule has 0 aromatic carbocycles. The topological polar surface area (TPSA) is 847 Å². The van der Waals surface area contributed by atoms with Crippen molar-refractivity contribution in [2.24, 2.45) is 0 Å². The van der Waals surface area contributed by atoms with E-state index >= 15 is 0 Å². The van der Waals surface area contributed by atoms with Gasteiger partial charge in [0.1, 0.15) is 171 Å². The summed E-state index contributed by atoms with van der Waals surface area (Å²) in [6, 6.07) is 0. The first kappa shape index (κ1) is 118. The Balaban J connectivity index is 0.789. The molecule has 29 N–H and O–H groups in total. The second-order valence-corrected chi connectivity index (χ2v) is 35.2. The van der Waals surface area contributed by atoms with Gasteiger partial charge in [-0.05, 0) is 71.1 Å². The number of amides is 8. The molecule has 0 aromatic heterocycles. The predicted molar refractivity (Wildman–Crippen MR) is 455 cm³/mol. The fourth-order valence-corrected chi connectivity index (χ4v) is 16.2. The summed E-state index contributed by atoms with van der Waals surface area (Å²) < 4.78 is 73.1. The zero-order valence-electron chi connectivity index (χ0n) is 76.8. The number of carbonyl (C=O) groups is 10. The van der Waals surface area contributed by atoms with Crippen LogP contribution in [0.15, 0.2) is 0 Å². The second kappa shape index (κ2) is 59.3. The van der Waals surface area contributed by atoms with E-state index in [-0.39, 0.29) is 109 Å². The summed E-state index contributed by atoms with van der Waals surface area (Å²) in [5.74, 6) is -6.08. The molecule has 800 valence electrons. The van der Waals surface area contributed by atoms with Gasteiger partial charge < -0.3 is 216 Å². The van der Waals surface area contributed by atoms with Crippen LogP contribution in [0.3, 0.4) is 0 Å². The molecule has 0 bridgehead atoms. The largest absolute Gasteiger partial charge is 0.394 e. The molecule has 8 rings (SSSR count). The number of hydrogen-bond donors (Lipinski definition) is 29. The Morgan fingerprint density at radius 1 is 0.309 bits per heavy atom. The van der Waals surface area contributed by atoms with Crippen molar-refractivity contribution in [3.8, 4) is 0 Å². The van der Waals surface area contributed by atoms with Crippen molar-refractivity contribution >= 4 is 59.0 Å². The minimum atomic E-state index is -2.04. The van der Waals surface area contributed by atoms with Crippen LogP contribution in [0.4, 0.5) is 0 Å². The van der Waals surface area contributed by atoms with E-state index in [4.69, 9.17) is 66.4 Å². The maximum atomic E-state index is 13.7. The predicted octanol–water partition coefficient (Wildman–Crippen LogP) is -16.9. The summed E-state index contributed by atoms with van der Waals surface area (Å²) in [6.45, 7) is -7.09. The summed E-state index contributed by atoms with van der Waals surface area (Å²) >= 11 is 0. The molecule has 56 nitrogen and oxygen atoms in total. The highest BCUT2D eigenvalue weighted by molar-refractivity contribution is 6.01. The molecule has 8 aliphatic heterocycles. The Morgan fingerprint density at radius 3 is 0.993 bits per heavy atom. The number of hydroxylamine groups is 2. The fourth-order valence-electron chi connectivity index (χ4n) is 16.2. The first-order valence-corrected chi connectivity index (χ1v) is 46.6. The minimum Gasteiger partial charge on any atom is -0.394 e. The van der Waals surface area contributed by atoms with Gasteiger partial charge in [0.15, 0.2) is 37.7 Å². The molecule has 0 spiro atoms. The fraction of sp³-hybridized carbons (Fsp3) is 0.880. The molecule has 0 radical (unpaired) electrons. The summed E-state index contributed by atoms with van der Waals surface area (Å²) in [5, 5.41) is 258. The van der Waals surface area contributed by atoms with Gasteiger partial charge >= 0.3 is 5.97 Å². The van der Waals surface area contributed by atoms with Crippen LogP contribution in [0.25, 0.3) is 0 Å². The van der Waals surface area contributed by atoms with Gasteiger partial charge in [-0.3, -0.25) is 53.0 Å². The Labute approximate surface area is 797 Å². The van der Waals surface area contributed by atoms with Gasteiger partial charge in [-0.25, -0.2) is 4.79 Å². The highest BCUT2D eigenvalue weighted by atomic mass is 16.8. The van der Waals surface area contributed by atoms with Gasteiger partial charge in [-0.2, -0.15) is 0 Å². The zero-order chi connectivity index (χ0) is 102. The third-order valence-electron chi connectivity index (χ3n) is 24.4. The molecule has 0 aliphatic carbocycles. The molecule has 0 saturated carbocycles. The van der Waals surface area contributed by atoms with Crippen LogP contribution in [0, 0.1) is 0 Å². The van der Waals surface area contributed by atoms with Crippen LogP contribution in [-0.4, -0.2) is 537 Å². The van der Waals surface area contributed by atoms with Gasteiger partial charge in [0.25, 0.3) is 11.8 Å². The monoisotopic (exact) mass is 2020 g/mol. The van der Waals surface area contributed by atoms with E-state index in [9.17, 15) is 165 Å². The van der Waals surface area contributed by atoms with Crippen LogP contribution >= 0.6 is 0 Å². The highest BCUT2D eigenvalue weighted by Crippen LogP contribution is 2.35. The third-order valence-corrected chi connectivity index (χ3v) is 24.4. The quantitative estimate of drug-likeness (QED) is 0.0199. The van der Waals surface area contributed by atoms with Crippen LogP contribution in [0.1, 0.15) is 116 Å². The van der Waals surface area contributed by atoms with E-state index in [2.05, 4.69) is 31.9 Å². The number of ketones is 1. The highest BCUT2D eigenvalue weighted by Gasteiger charge is 2.56. The van der Waals surface area contributed by atoms with Crippen LogP contribution in [0.2, 0.25) is 0 Å². The molecule has 8 heterocycles. The van der Waals surface area contributed by atoms with E-state index in [1.807, 2.05) is 0 Å². The number of nitrogens with zero attached hydrogens (tertiary/aromatic N) is 3. The smallest absolute Gasteiger partial charge is 0.333 e. The van der Waals surface area contributed by atoms with Gasteiger partial charge in [-0.1, -0.05) is 12.8 Å². The maximum Gasteiger partial charge on any atom is 0.333 e. The Hall–Kier alpha value is -6.42. The van der Waals surface area contributed by atoms with Gasteiger partial charge in [0.2, 0.25) is 35.4 Å². The number of unbranched alkanes of at least 4 members (excludes halogenated alkanes) is 6. The van der Waals surface area contributed by atoms with Crippen LogP contribution < -0.4 is 31.9 Å². The van der Waals surface area contributed by atoms with E-state index in [0.717, 1.165) is 0 Å². The number of aliphatic hydroxyl groups excluding tert-OH is 23. The molecule has 0 aromatic rings. The van der Waals surface area contributed by atoms with E-state index in [1.165, 1.54) is 16.7 Å². The number of carbonyl (C=O) groups excluding carboxylic acids is 10. The first-order chi connectivity index (χ1) is 66.2. The first-order valence-electron chi connectivity index (χ1n) is 46.6. The second-order valence-electron chi connectivity index (χ2n) is 35.2. The summed E-state index contributed by atoms with van der Waals surface area (Å²) in [7, 11) is 0. The van der Waals surface area contributed by atoms with E-state index in [0.29, 0.717) is 56.4 Å². The molecule has 139 heavy (non-hydrogen) atoms. The van der Waals surface area contributed by atoms with Crippen molar-refractivity contribution < 1.29 is 232 Å². The Bertz CT molecular complexity index is 3730. The molecule has 8 fully saturated rings. The molecular weight excluding hydrogens is 1870 g/mol. The Kier molecular flexibility index (Phi) is 50.2. The molecule has 35 atom stereocenters. The van der Waals surface area contributed by atoms with Crippen LogP contribution in [-0.2, 0) is 114 Å². The molecule has 8 amide bonds. The average molecular weight is 2020 g/mol. The van der Waals surface area contributed by atoms with E-state index in [1.54, 1.807) is 0 Å². The number of hydrogen-bond acceptors (Lipinski definition) is 49. The van der Waals surface area contributed by atoms with Gasteiger partial charge in [0, 0.05) is 71.4 Å². The summed E-state index contributed by atoms with van der Waals surface area (Å²) in [4.78, 5) is 137. The van der Waals surface area contributed by atoms with Crippen molar-refractivity contribution in [1.29, 1.82) is 0 Å². The number of nitrogens with one attached hydrogen (secondary N) is 6. The number of imide groups is 1. The van der Waals surface area contributed by atoms with Crippen molar-refractivity contribution in [3.05, 3.63) is 0 Å². The number of ether oxygens (including phenoxy) is 13. The average Bonchev–Trinajstić information content (AvgIpc) is 1.77. The number of Topliss-reactive ketones (excluding diaryl/α,β-unsaturated/α-hetero) is 1. The lowest BCUT2D eigenvalue weighted by molar-refractivity contribution is -0.366. The van der Waals surface area contributed by atoms with Crippen molar-refractivity contribution in [2.45, 2.75) is 331 Å². The van der Waals surface area contributed by atoms with Crippen molar-refractivity contribution in [1.82, 2.24) is 46.8 Å². The molecule has 8 saturated heterocycles. The minimum absolute atomic E-state index is 0.00617. The summed E-state index contributed by atoms with van der Waals surface area (Å²) in [6.07, 6.45) is -56.2. The third kappa shape index (κ3) is 35.5. The van der Waals surface area contributed by atoms with E-state index < -0.39 is 353 Å². The van der Waals surface area contributed by atoms with Crippen LogP contribution in [0.5, 0.6) is 0 Å². The van der Waals surface area contributed by atoms with Gasteiger partial charge in [0.05, 0.1) is 104 Å². The summed E-state index contributed by atoms with van der Waals surface area (Å²) in [5.41, 5.74) is 0. The lowest BCUT2D eigenvalue weighted by Crippen LogP contribution is -2.65. The Morgan fingerprint density at radius 2 is 0.612 bits per heavy atom. The lowest BCUT2D eigenvalue weighted by atomic mass is 9.93. The normalized spacial score (nSPS) is 35.6. The zero-order valence-corrected chi connectivity index (χ0v) is 76.8. The molecule has 8 aliphatic rings. The lowest BCUT2D eigenvalue weighted by Gasteiger charge is -2.46. The van der Waals surface area contributed by atoms with Crippen molar-refractivity contribution in [3.63, 3.8) is 0 Å². The van der Waals surface area contributed by atoms with Gasteiger partial charge in [-0.15, -0.1) is 5.06 Å².